The van der Waals surface area contributed by atoms with Gasteiger partial charge in [-0.15, -0.1) is 0 Å². The third-order valence-electron chi connectivity index (χ3n) is 3.28. The maximum atomic E-state index is 5.61. The number of hydrogen-bond donors (Lipinski definition) is 2. The molecular formula is C16H25BrN2S. The van der Waals surface area contributed by atoms with E-state index in [1.54, 1.807) is 0 Å². The molecule has 112 valence electrons. The Bertz CT molecular complexity index is 432. The molecule has 0 amide bonds. The molecule has 0 unspecified atom stereocenters. The number of thiocarbonyl (C=S) groups is 1. The Morgan fingerprint density at radius 2 is 1.95 bits per heavy atom. The standard InChI is InChI=1S/C16H25BrN2S/c1-12(2)7-5-3-4-6-10-19-15-9-8-13(16(18)20)11-14(15)17/h8-9,11-12,19H,3-7,10H2,1-2H3,(H2,18,20). The van der Waals surface area contributed by atoms with Crippen molar-refractivity contribution >= 4 is 38.8 Å². The molecule has 0 fully saturated rings. The highest BCUT2D eigenvalue weighted by atomic mass is 79.9. The molecule has 0 spiro atoms. The van der Waals surface area contributed by atoms with E-state index in [0.29, 0.717) is 4.99 Å². The summed E-state index contributed by atoms with van der Waals surface area (Å²) in [6.45, 7) is 5.58. The number of anilines is 1. The number of benzene rings is 1. The van der Waals surface area contributed by atoms with E-state index < -0.39 is 0 Å². The molecule has 0 aliphatic rings. The van der Waals surface area contributed by atoms with E-state index in [9.17, 15) is 0 Å². The van der Waals surface area contributed by atoms with Crippen LogP contribution < -0.4 is 11.1 Å². The monoisotopic (exact) mass is 356 g/mol. The first kappa shape index (κ1) is 17.4. The van der Waals surface area contributed by atoms with Crippen LogP contribution in [-0.4, -0.2) is 11.5 Å². The van der Waals surface area contributed by atoms with Gasteiger partial charge in [0.15, 0.2) is 0 Å². The van der Waals surface area contributed by atoms with Crippen molar-refractivity contribution in [2.24, 2.45) is 11.7 Å². The molecule has 0 saturated carbocycles. The van der Waals surface area contributed by atoms with Gasteiger partial charge in [0, 0.05) is 22.3 Å². The van der Waals surface area contributed by atoms with E-state index in [4.69, 9.17) is 18.0 Å². The first-order valence-corrected chi connectivity index (χ1v) is 8.54. The normalized spacial score (nSPS) is 10.8. The average molecular weight is 357 g/mol. The second-order valence-electron chi connectivity index (χ2n) is 5.58. The summed E-state index contributed by atoms with van der Waals surface area (Å²) in [6, 6.07) is 5.95. The molecule has 1 aromatic carbocycles. The number of hydrogen-bond acceptors (Lipinski definition) is 2. The Morgan fingerprint density at radius 3 is 2.55 bits per heavy atom. The molecule has 2 nitrogen and oxygen atoms in total. The number of unbranched alkanes of at least 4 members (excludes halogenated alkanes) is 3. The van der Waals surface area contributed by atoms with Crippen LogP contribution in [0.4, 0.5) is 5.69 Å². The highest BCUT2D eigenvalue weighted by Crippen LogP contribution is 2.23. The lowest BCUT2D eigenvalue weighted by atomic mass is 10.0. The van der Waals surface area contributed by atoms with Gasteiger partial charge in [-0.2, -0.15) is 0 Å². The summed E-state index contributed by atoms with van der Waals surface area (Å²) in [5, 5.41) is 3.45. The van der Waals surface area contributed by atoms with Gasteiger partial charge in [-0.3, -0.25) is 0 Å². The van der Waals surface area contributed by atoms with Crippen molar-refractivity contribution in [2.75, 3.05) is 11.9 Å². The molecule has 0 aliphatic heterocycles. The van der Waals surface area contributed by atoms with Crippen molar-refractivity contribution in [3.05, 3.63) is 28.2 Å². The topological polar surface area (TPSA) is 38.0 Å². The van der Waals surface area contributed by atoms with Crippen LogP contribution in [0.1, 0.15) is 51.5 Å². The molecule has 3 N–H and O–H groups in total. The lowest BCUT2D eigenvalue weighted by Gasteiger charge is -2.10. The highest BCUT2D eigenvalue weighted by Gasteiger charge is 2.02. The second kappa shape index (κ2) is 9.35. The van der Waals surface area contributed by atoms with Gasteiger partial charge in [0.05, 0.1) is 0 Å². The van der Waals surface area contributed by atoms with Crippen molar-refractivity contribution in [3.8, 4) is 0 Å². The van der Waals surface area contributed by atoms with Crippen LogP contribution in [0.2, 0.25) is 0 Å². The number of rotatable bonds is 9. The van der Waals surface area contributed by atoms with Crippen LogP contribution in [0.15, 0.2) is 22.7 Å². The van der Waals surface area contributed by atoms with Gasteiger partial charge < -0.3 is 11.1 Å². The van der Waals surface area contributed by atoms with E-state index in [0.717, 1.165) is 28.2 Å². The first-order chi connectivity index (χ1) is 9.50. The molecule has 0 radical (unpaired) electrons. The van der Waals surface area contributed by atoms with Crippen molar-refractivity contribution in [3.63, 3.8) is 0 Å². The maximum Gasteiger partial charge on any atom is 0.104 e. The Labute approximate surface area is 136 Å². The lowest BCUT2D eigenvalue weighted by molar-refractivity contribution is 0.523. The summed E-state index contributed by atoms with van der Waals surface area (Å²) >= 11 is 8.51. The molecule has 1 aromatic rings. The first-order valence-electron chi connectivity index (χ1n) is 7.34. The van der Waals surface area contributed by atoms with Crippen molar-refractivity contribution < 1.29 is 0 Å². The quantitative estimate of drug-likeness (QED) is 0.477. The largest absolute Gasteiger partial charge is 0.389 e. The summed E-state index contributed by atoms with van der Waals surface area (Å²) in [7, 11) is 0. The Morgan fingerprint density at radius 1 is 1.25 bits per heavy atom. The van der Waals surface area contributed by atoms with Gasteiger partial charge in [-0.05, 0) is 46.5 Å². The number of nitrogens with two attached hydrogens (primary N) is 1. The smallest absolute Gasteiger partial charge is 0.104 e. The fourth-order valence-corrected chi connectivity index (χ4v) is 2.71. The molecule has 20 heavy (non-hydrogen) atoms. The molecule has 0 bridgehead atoms. The Hall–Kier alpha value is -0.610. The number of nitrogens with one attached hydrogen (secondary N) is 1. The SMILES string of the molecule is CC(C)CCCCCCNc1ccc(C(N)=S)cc1Br. The molecule has 0 atom stereocenters. The van der Waals surface area contributed by atoms with Crippen LogP contribution in [0, 0.1) is 5.92 Å². The predicted octanol–water partition coefficient (Wildman–Crippen LogP) is 5.10. The number of halogens is 1. The van der Waals surface area contributed by atoms with Crippen molar-refractivity contribution in [1.82, 2.24) is 0 Å². The maximum absolute atomic E-state index is 5.61. The summed E-state index contributed by atoms with van der Waals surface area (Å²) in [6.07, 6.45) is 6.54. The molecule has 4 heteroatoms. The summed E-state index contributed by atoms with van der Waals surface area (Å²) in [5.74, 6) is 0.830. The third-order valence-corrected chi connectivity index (χ3v) is 4.17. The van der Waals surface area contributed by atoms with Crippen molar-refractivity contribution in [1.29, 1.82) is 0 Å². The molecule has 0 aromatic heterocycles. The summed E-state index contributed by atoms with van der Waals surface area (Å²) in [5.41, 5.74) is 7.61. The third kappa shape index (κ3) is 6.71. The van der Waals surface area contributed by atoms with E-state index in [1.807, 2.05) is 18.2 Å². The molecule has 0 aliphatic carbocycles. The van der Waals surface area contributed by atoms with Crippen LogP contribution in [-0.2, 0) is 0 Å². The Balaban J connectivity index is 2.24. The van der Waals surface area contributed by atoms with E-state index in [-0.39, 0.29) is 0 Å². The predicted molar refractivity (Wildman–Crippen MR) is 96.4 cm³/mol. The Kier molecular flexibility index (Phi) is 8.15. The van der Waals surface area contributed by atoms with Crippen LogP contribution >= 0.6 is 28.1 Å². The van der Waals surface area contributed by atoms with Gasteiger partial charge in [0.1, 0.15) is 4.99 Å². The van der Waals surface area contributed by atoms with Gasteiger partial charge in [0.2, 0.25) is 0 Å². The van der Waals surface area contributed by atoms with Crippen LogP contribution in [0.5, 0.6) is 0 Å². The molecule has 1 rings (SSSR count). The highest BCUT2D eigenvalue weighted by molar-refractivity contribution is 9.10. The minimum atomic E-state index is 0.433. The zero-order valence-electron chi connectivity index (χ0n) is 12.4. The zero-order chi connectivity index (χ0) is 15.0. The van der Waals surface area contributed by atoms with Gasteiger partial charge in [-0.25, -0.2) is 0 Å². The fourth-order valence-electron chi connectivity index (χ4n) is 2.07. The van der Waals surface area contributed by atoms with E-state index in [1.165, 1.54) is 32.1 Å². The molecule has 0 saturated heterocycles. The van der Waals surface area contributed by atoms with Gasteiger partial charge >= 0.3 is 0 Å². The average Bonchev–Trinajstić information content (AvgIpc) is 2.38. The van der Waals surface area contributed by atoms with E-state index >= 15 is 0 Å². The lowest BCUT2D eigenvalue weighted by Crippen LogP contribution is -2.10. The van der Waals surface area contributed by atoms with Crippen LogP contribution in [0.3, 0.4) is 0 Å². The molecule has 0 heterocycles. The fraction of sp³-hybridized carbons (Fsp3) is 0.562. The second-order valence-corrected chi connectivity index (χ2v) is 6.88. The van der Waals surface area contributed by atoms with Gasteiger partial charge in [0.25, 0.3) is 0 Å². The molecular weight excluding hydrogens is 332 g/mol. The minimum absolute atomic E-state index is 0.433. The zero-order valence-corrected chi connectivity index (χ0v) is 14.8. The van der Waals surface area contributed by atoms with Crippen LogP contribution in [0.25, 0.3) is 0 Å². The summed E-state index contributed by atoms with van der Waals surface area (Å²) in [4.78, 5) is 0.433. The van der Waals surface area contributed by atoms with Gasteiger partial charge in [-0.1, -0.05) is 51.7 Å². The minimum Gasteiger partial charge on any atom is -0.389 e. The van der Waals surface area contributed by atoms with E-state index in [2.05, 4.69) is 35.1 Å². The summed E-state index contributed by atoms with van der Waals surface area (Å²) < 4.78 is 1.02. The van der Waals surface area contributed by atoms with Crippen molar-refractivity contribution in [2.45, 2.75) is 46.0 Å².